The molecule has 1 aromatic rings. The number of carbonyl (C=O) groups is 1. The first kappa shape index (κ1) is 27.7. The molecule has 0 aliphatic carbocycles. The van der Waals surface area contributed by atoms with Gasteiger partial charge in [0.1, 0.15) is 6.17 Å². The number of benzene rings is 1. The fraction of sp³-hybridized carbons (Fsp3) is 0.696. The van der Waals surface area contributed by atoms with Crippen molar-refractivity contribution in [2.24, 2.45) is 0 Å². The van der Waals surface area contributed by atoms with E-state index in [-0.39, 0.29) is 5.91 Å². The topological polar surface area (TPSA) is 41.1 Å². The molecular formula is C23H36Cl4N2O. The fourth-order valence-corrected chi connectivity index (χ4v) is 3.73. The minimum absolute atomic E-state index is 0.125. The van der Waals surface area contributed by atoms with Crippen molar-refractivity contribution in [3.8, 4) is 0 Å². The number of carbonyl (C=O) groups excluding carboxylic acids is 1. The van der Waals surface area contributed by atoms with Crippen LogP contribution in [0.2, 0.25) is 5.02 Å². The van der Waals surface area contributed by atoms with Gasteiger partial charge in [-0.2, -0.15) is 0 Å². The van der Waals surface area contributed by atoms with Crippen LogP contribution in [0.25, 0.3) is 0 Å². The summed E-state index contributed by atoms with van der Waals surface area (Å²) >= 11 is 24.0. The van der Waals surface area contributed by atoms with E-state index in [1.165, 1.54) is 64.2 Å². The Hall–Kier alpha value is -0.350. The maximum absolute atomic E-state index is 12.3. The molecule has 0 aliphatic heterocycles. The monoisotopic (exact) mass is 496 g/mol. The van der Waals surface area contributed by atoms with Crippen molar-refractivity contribution in [1.82, 2.24) is 5.32 Å². The normalized spacial score (nSPS) is 12.6. The highest BCUT2D eigenvalue weighted by atomic mass is 35.6. The summed E-state index contributed by atoms with van der Waals surface area (Å²) in [5, 5.41) is 6.43. The average molecular weight is 498 g/mol. The van der Waals surface area contributed by atoms with Crippen LogP contribution < -0.4 is 10.6 Å². The maximum atomic E-state index is 12.3. The molecule has 7 heteroatoms. The number of anilines is 1. The molecular weight excluding hydrogens is 462 g/mol. The molecule has 1 amide bonds. The number of nitrogens with one attached hydrogen (secondary N) is 2. The number of amides is 1. The van der Waals surface area contributed by atoms with Gasteiger partial charge in [0, 0.05) is 17.1 Å². The quantitative estimate of drug-likeness (QED) is 0.136. The number of rotatable bonds is 16. The average Bonchev–Trinajstić information content (AvgIpc) is 2.69. The van der Waals surface area contributed by atoms with Gasteiger partial charge in [-0.05, 0) is 30.7 Å². The van der Waals surface area contributed by atoms with Gasteiger partial charge in [0.05, 0.1) is 0 Å². The van der Waals surface area contributed by atoms with Gasteiger partial charge in [0.2, 0.25) is 9.70 Å². The molecule has 1 unspecified atom stereocenters. The number of hydrogen-bond acceptors (Lipinski definition) is 2. The summed E-state index contributed by atoms with van der Waals surface area (Å²) in [7, 11) is 0. The Morgan fingerprint density at radius 2 is 1.30 bits per heavy atom. The van der Waals surface area contributed by atoms with E-state index in [4.69, 9.17) is 46.4 Å². The molecule has 172 valence electrons. The number of unbranched alkanes of at least 4 members (excludes halogenated alkanes) is 11. The van der Waals surface area contributed by atoms with E-state index in [1.807, 2.05) is 0 Å². The highest BCUT2D eigenvalue weighted by Gasteiger charge is 2.33. The van der Waals surface area contributed by atoms with Gasteiger partial charge < -0.3 is 10.6 Å². The summed E-state index contributed by atoms with van der Waals surface area (Å²) in [6, 6.07) is 6.99. The van der Waals surface area contributed by atoms with Gasteiger partial charge in [-0.1, -0.05) is 124 Å². The molecule has 0 aliphatic rings. The molecule has 0 fully saturated rings. The van der Waals surface area contributed by atoms with Gasteiger partial charge >= 0.3 is 0 Å². The van der Waals surface area contributed by atoms with Crippen molar-refractivity contribution in [3.63, 3.8) is 0 Å². The molecule has 2 N–H and O–H groups in total. The lowest BCUT2D eigenvalue weighted by atomic mass is 10.0. The molecule has 30 heavy (non-hydrogen) atoms. The number of alkyl halides is 3. The first-order valence-corrected chi connectivity index (χ1v) is 12.7. The first-order valence-electron chi connectivity index (χ1n) is 11.2. The first-order chi connectivity index (χ1) is 14.3. The van der Waals surface area contributed by atoms with Crippen LogP contribution in [-0.2, 0) is 4.79 Å². The van der Waals surface area contributed by atoms with Crippen LogP contribution in [0.1, 0.15) is 90.4 Å². The van der Waals surface area contributed by atoms with Crippen LogP contribution in [-0.4, -0.2) is 15.9 Å². The second-order valence-electron chi connectivity index (χ2n) is 7.83. The summed E-state index contributed by atoms with van der Waals surface area (Å²) in [6.07, 6.45) is 14.7. The lowest BCUT2D eigenvalue weighted by Gasteiger charge is -2.27. The minimum Gasteiger partial charge on any atom is -0.362 e. The van der Waals surface area contributed by atoms with Crippen molar-refractivity contribution in [1.29, 1.82) is 0 Å². The molecule has 0 spiro atoms. The van der Waals surface area contributed by atoms with Crippen molar-refractivity contribution in [2.75, 3.05) is 5.32 Å². The SMILES string of the molecule is CCCCCCCCCCCCCCC(=O)NC(Nc1ccc(Cl)cc1)C(Cl)(Cl)Cl. The van der Waals surface area contributed by atoms with Gasteiger partial charge in [0.25, 0.3) is 0 Å². The van der Waals surface area contributed by atoms with Crippen LogP contribution in [0.3, 0.4) is 0 Å². The summed E-state index contributed by atoms with van der Waals surface area (Å²) in [6.45, 7) is 2.25. The predicted octanol–water partition coefficient (Wildman–Crippen LogP) is 8.66. The Morgan fingerprint density at radius 3 is 1.77 bits per heavy atom. The molecule has 0 bridgehead atoms. The van der Waals surface area contributed by atoms with Crippen LogP contribution in [0.15, 0.2) is 24.3 Å². The van der Waals surface area contributed by atoms with Crippen LogP contribution >= 0.6 is 46.4 Å². The third kappa shape index (κ3) is 13.9. The lowest BCUT2D eigenvalue weighted by molar-refractivity contribution is -0.121. The molecule has 0 saturated heterocycles. The van der Waals surface area contributed by atoms with E-state index in [9.17, 15) is 4.79 Å². The van der Waals surface area contributed by atoms with Crippen molar-refractivity contribution in [3.05, 3.63) is 29.3 Å². The number of halogens is 4. The van der Waals surface area contributed by atoms with Crippen molar-refractivity contribution < 1.29 is 4.79 Å². The molecule has 1 aromatic carbocycles. The van der Waals surface area contributed by atoms with E-state index in [2.05, 4.69) is 17.6 Å². The Labute approximate surface area is 202 Å². The minimum atomic E-state index is -1.67. The molecule has 3 nitrogen and oxygen atoms in total. The summed E-state index contributed by atoms with van der Waals surface area (Å²) < 4.78 is -1.67. The Morgan fingerprint density at radius 1 is 0.833 bits per heavy atom. The highest BCUT2D eigenvalue weighted by Crippen LogP contribution is 2.31. The van der Waals surface area contributed by atoms with E-state index >= 15 is 0 Å². The molecule has 0 saturated carbocycles. The molecule has 1 atom stereocenters. The van der Waals surface area contributed by atoms with Crippen LogP contribution in [0.5, 0.6) is 0 Å². The summed E-state index contributed by atoms with van der Waals surface area (Å²) in [4.78, 5) is 12.3. The third-order valence-electron chi connectivity index (χ3n) is 5.05. The largest absolute Gasteiger partial charge is 0.362 e. The van der Waals surface area contributed by atoms with E-state index < -0.39 is 9.96 Å². The van der Waals surface area contributed by atoms with Crippen molar-refractivity contribution >= 4 is 58.0 Å². The van der Waals surface area contributed by atoms with Gasteiger partial charge in [-0.15, -0.1) is 0 Å². The maximum Gasteiger partial charge on any atom is 0.228 e. The third-order valence-corrected chi connectivity index (χ3v) is 5.95. The Balaban J connectivity index is 2.15. The van der Waals surface area contributed by atoms with E-state index in [0.29, 0.717) is 17.1 Å². The van der Waals surface area contributed by atoms with E-state index in [1.54, 1.807) is 24.3 Å². The second-order valence-corrected chi connectivity index (χ2v) is 10.6. The van der Waals surface area contributed by atoms with Crippen LogP contribution in [0, 0.1) is 0 Å². The Bertz CT molecular complexity index is 576. The summed E-state index contributed by atoms with van der Waals surface area (Å²) in [5.41, 5.74) is 0.710. The van der Waals surface area contributed by atoms with E-state index in [0.717, 1.165) is 12.8 Å². The van der Waals surface area contributed by atoms with Gasteiger partial charge in [-0.25, -0.2) is 0 Å². The van der Waals surface area contributed by atoms with Crippen LogP contribution in [0.4, 0.5) is 5.69 Å². The molecule has 0 aromatic heterocycles. The second kappa shape index (κ2) is 16.3. The zero-order valence-electron chi connectivity index (χ0n) is 18.0. The standard InChI is InChI=1S/C23H36Cl4N2O/c1-2-3-4-5-6-7-8-9-10-11-12-13-14-21(30)29-22(23(25,26)27)28-20-17-15-19(24)16-18-20/h15-18,22,28H,2-14H2,1H3,(H,29,30). The van der Waals surface area contributed by atoms with Gasteiger partial charge in [0.15, 0.2) is 0 Å². The lowest BCUT2D eigenvalue weighted by Crippen LogP contribution is -2.49. The molecule has 1 rings (SSSR count). The fourth-order valence-electron chi connectivity index (χ4n) is 3.27. The smallest absolute Gasteiger partial charge is 0.228 e. The molecule has 0 heterocycles. The number of hydrogen-bond donors (Lipinski definition) is 2. The van der Waals surface area contributed by atoms with Crippen molar-refractivity contribution in [2.45, 2.75) is 100 Å². The highest BCUT2D eigenvalue weighted by molar-refractivity contribution is 6.68. The Kier molecular flexibility index (Phi) is 15.0. The zero-order valence-corrected chi connectivity index (χ0v) is 21.0. The summed E-state index contributed by atoms with van der Waals surface area (Å²) in [5.74, 6) is -0.125. The molecule has 0 radical (unpaired) electrons. The van der Waals surface area contributed by atoms with Gasteiger partial charge in [-0.3, -0.25) is 4.79 Å². The zero-order chi connectivity index (χ0) is 22.2. The predicted molar refractivity (Wildman–Crippen MR) is 133 cm³/mol.